The summed E-state index contributed by atoms with van der Waals surface area (Å²) in [7, 11) is 0. The molecule has 0 spiro atoms. The van der Waals surface area contributed by atoms with E-state index in [0.29, 0.717) is 12.7 Å². The summed E-state index contributed by atoms with van der Waals surface area (Å²) in [5, 5.41) is 0. The molecule has 78 valence electrons. The zero-order chi connectivity index (χ0) is 10.3. The third-order valence-corrected chi connectivity index (χ3v) is 3.03. The molecule has 0 bridgehead atoms. The normalized spacial score (nSPS) is 28.3. The first kappa shape index (κ1) is 9.65. The molecule has 1 unspecified atom stereocenters. The van der Waals surface area contributed by atoms with Crippen molar-refractivity contribution in [3.63, 3.8) is 0 Å². The highest BCUT2D eigenvalue weighted by atomic mass is 16.2. The molecule has 0 aromatic carbocycles. The van der Waals surface area contributed by atoms with Crippen LogP contribution in [-0.4, -0.2) is 53.3 Å². The van der Waals surface area contributed by atoms with E-state index in [1.54, 1.807) is 0 Å². The molecule has 0 aromatic rings. The lowest BCUT2D eigenvalue weighted by Crippen LogP contribution is -2.58. The quantitative estimate of drug-likeness (QED) is 0.605. The van der Waals surface area contributed by atoms with Crippen LogP contribution in [0, 0.1) is 0 Å². The highest BCUT2D eigenvalue weighted by Gasteiger charge is 2.39. The standard InChI is InChI=1S/C10H17N3O/c1-7(2)13-5-4-12-6-11-8(3)9(12)10(13)14/h7,9H,4-6H2,1-3H3. The molecule has 0 aliphatic carbocycles. The molecule has 4 heteroatoms. The molecule has 1 saturated heterocycles. The van der Waals surface area contributed by atoms with Crippen molar-refractivity contribution in [2.24, 2.45) is 4.99 Å². The summed E-state index contributed by atoms with van der Waals surface area (Å²) < 4.78 is 0. The van der Waals surface area contributed by atoms with E-state index in [1.165, 1.54) is 0 Å². The van der Waals surface area contributed by atoms with Gasteiger partial charge in [-0.25, -0.2) is 0 Å². The van der Waals surface area contributed by atoms with Crippen molar-refractivity contribution in [3.8, 4) is 0 Å². The van der Waals surface area contributed by atoms with E-state index in [-0.39, 0.29) is 11.9 Å². The summed E-state index contributed by atoms with van der Waals surface area (Å²) in [6, 6.07) is 0.240. The van der Waals surface area contributed by atoms with Crippen molar-refractivity contribution in [1.29, 1.82) is 0 Å². The van der Waals surface area contributed by atoms with Crippen LogP contribution >= 0.6 is 0 Å². The Morgan fingerprint density at radius 2 is 2.14 bits per heavy atom. The molecule has 0 saturated carbocycles. The van der Waals surface area contributed by atoms with Crippen LogP contribution < -0.4 is 0 Å². The van der Waals surface area contributed by atoms with E-state index in [0.717, 1.165) is 18.8 Å². The Balaban J connectivity index is 2.18. The van der Waals surface area contributed by atoms with Gasteiger partial charge in [0.2, 0.25) is 5.91 Å². The number of nitrogens with zero attached hydrogens (tertiary/aromatic N) is 3. The monoisotopic (exact) mass is 195 g/mol. The van der Waals surface area contributed by atoms with Crippen LogP contribution in [0.25, 0.3) is 0 Å². The fourth-order valence-corrected chi connectivity index (χ4v) is 2.19. The third-order valence-electron chi connectivity index (χ3n) is 3.03. The second-order valence-corrected chi connectivity index (χ2v) is 4.28. The van der Waals surface area contributed by atoms with Crippen molar-refractivity contribution in [1.82, 2.24) is 9.80 Å². The Kier molecular flexibility index (Phi) is 2.31. The molecule has 0 aromatic heterocycles. The molecule has 4 nitrogen and oxygen atoms in total. The topological polar surface area (TPSA) is 35.9 Å². The molecule has 2 aliphatic heterocycles. The highest BCUT2D eigenvalue weighted by molar-refractivity contribution is 6.08. The van der Waals surface area contributed by atoms with Crippen LogP contribution in [0.3, 0.4) is 0 Å². The van der Waals surface area contributed by atoms with Gasteiger partial charge >= 0.3 is 0 Å². The van der Waals surface area contributed by atoms with Crippen LogP contribution in [-0.2, 0) is 4.79 Å². The predicted molar refractivity (Wildman–Crippen MR) is 55.3 cm³/mol. The third kappa shape index (κ3) is 1.34. The fraction of sp³-hybridized carbons (Fsp3) is 0.800. The lowest BCUT2D eigenvalue weighted by Gasteiger charge is -2.38. The van der Waals surface area contributed by atoms with Gasteiger partial charge in [-0.2, -0.15) is 0 Å². The number of carbonyl (C=O) groups excluding carboxylic acids is 1. The van der Waals surface area contributed by atoms with E-state index in [1.807, 2.05) is 11.8 Å². The van der Waals surface area contributed by atoms with Gasteiger partial charge < -0.3 is 4.90 Å². The van der Waals surface area contributed by atoms with Gasteiger partial charge in [-0.05, 0) is 20.8 Å². The maximum absolute atomic E-state index is 12.1. The molecule has 1 fully saturated rings. The molecule has 0 N–H and O–H groups in total. The van der Waals surface area contributed by atoms with E-state index >= 15 is 0 Å². The number of piperazine rings is 1. The van der Waals surface area contributed by atoms with Crippen LogP contribution in [0.5, 0.6) is 0 Å². The number of aliphatic imine (C=N–C) groups is 1. The lowest BCUT2D eigenvalue weighted by atomic mass is 10.1. The van der Waals surface area contributed by atoms with Gasteiger partial charge in [-0.1, -0.05) is 0 Å². The summed E-state index contributed by atoms with van der Waals surface area (Å²) in [6.07, 6.45) is 0. The first-order valence-corrected chi connectivity index (χ1v) is 5.16. The summed E-state index contributed by atoms with van der Waals surface area (Å²) in [5.41, 5.74) is 0.973. The Morgan fingerprint density at radius 3 is 2.79 bits per heavy atom. The molecule has 0 radical (unpaired) electrons. The second-order valence-electron chi connectivity index (χ2n) is 4.28. The lowest BCUT2D eigenvalue weighted by molar-refractivity contribution is -0.139. The van der Waals surface area contributed by atoms with E-state index in [2.05, 4.69) is 23.7 Å². The second kappa shape index (κ2) is 3.35. The predicted octanol–water partition coefficient (Wildman–Crippen LogP) is 0.340. The molecule has 1 amide bonds. The van der Waals surface area contributed by atoms with Gasteiger partial charge in [-0.3, -0.25) is 14.7 Å². The van der Waals surface area contributed by atoms with Gasteiger partial charge in [0.05, 0.1) is 6.67 Å². The zero-order valence-electron chi connectivity index (χ0n) is 9.03. The molecule has 14 heavy (non-hydrogen) atoms. The maximum Gasteiger partial charge on any atom is 0.246 e. The van der Waals surface area contributed by atoms with Crippen LogP contribution in [0.1, 0.15) is 20.8 Å². The Hall–Kier alpha value is -0.900. The Labute approximate surface area is 84.6 Å². The number of hydrogen-bond donors (Lipinski definition) is 0. The average molecular weight is 195 g/mol. The molecule has 1 atom stereocenters. The summed E-state index contributed by atoms with van der Waals surface area (Å²) in [4.78, 5) is 20.5. The van der Waals surface area contributed by atoms with Crippen LogP contribution in [0.2, 0.25) is 0 Å². The van der Waals surface area contributed by atoms with E-state index in [4.69, 9.17) is 0 Å². The van der Waals surface area contributed by atoms with Gasteiger partial charge in [0.1, 0.15) is 6.04 Å². The maximum atomic E-state index is 12.1. The van der Waals surface area contributed by atoms with Gasteiger partial charge in [-0.15, -0.1) is 0 Å². The van der Waals surface area contributed by atoms with Gasteiger partial charge in [0, 0.05) is 24.8 Å². The largest absolute Gasteiger partial charge is 0.337 e. The number of hydrogen-bond acceptors (Lipinski definition) is 3. The smallest absolute Gasteiger partial charge is 0.246 e. The zero-order valence-corrected chi connectivity index (χ0v) is 9.03. The van der Waals surface area contributed by atoms with Crippen molar-refractivity contribution >= 4 is 11.6 Å². The number of amides is 1. The van der Waals surface area contributed by atoms with Crippen molar-refractivity contribution < 1.29 is 4.79 Å². The van der Waals surface area contributed by atoms with Crippen LogP contribution in [0.15, 0.2) is 4.99 Å². The van der Waals surface area contributed by atoms with Crippen LogP contribution in [0.4, 0.5) is 0 Å². The van der Waals surface area contributed by atoms with E-state index < -0.39 is 0 Å². The first-order chi connectivity index (χ1) is 6.61. The van der Waals surface area contributed by atoms with Crippen molar-refractivity contribution in [2.75, 3.05) is 19.8 Å². The first-order valence-electron chi connectivity index (χ1n) is 5.16. The minimum Gasteiger partial charge on any atom is -0.337 e. The van der Waals surface area contributed by atoms with Gasteiger partial charge in [0.25, 0.3) is 0 Å². The number of rotatable bonds is 1. The Morgan fingerprint density at radius 1 is 1.43 bits per heavy atom. The summed E-state index contributed by atoms with van der Waals surface area (Å²) >= 11 is 0. The minimum atomic E-state index is -0.0637. The number of fused-ring (bicyclic) bond motifs is 1. The van der Waals surface area contributed by atoms with Crippen molar-refractivity contribution in [2.45, 2.75) is 32.9 Å². The molecule has 2 rings (SSSR count). The highest BCUT2D eigenvalue weighted by Crippen LogP contribution is 2.19. The fourth-order valence-electron chi connectivity index (χ4n) is 2.19. The molecule has 2 aliphatic rings. The number of carbonyl (C=O) groups is 1. The molecular weight excluding hydrogens is 178 g/mol. The van der Waals surface area contributed by atoms with E-state index in [9.17, 15) is 4.79 Å². The Bertz CT molecular complexity index is 285. The SMILES string of the molecule is CC1=NCN2CCN(C(C)C)C(=O)C12. The summed E-state index contributed by atoms with van der Waals surface area (Å²) in [5.74, 6) is 0.227. The summed E-state index contributed by atoms with van der Waals surface area (Å²) in [6.45, 7) is 8.58. The molecular formula is C10H17N3O. The van der Waals surface area contributed by atoms with Gasteiger partial charge in [0.15, 0.2) is 0 Å². The minimum absolute atomic E-state index is 0.0637. The van der Waals surface area contributed by atoms with Crippen molar-refractivity contribution in [3.05, 3.63) is 0 Å². The molecule has 2 heterocycles. The average Bonchev–Trinajstić information content (AvgIpc) is 2.48.